The van der Waals surface area contributed by atoms with E-state index in [9.17, 15) is 4.79 Å². The summed E-state index contributed by atoms with van der Waals surface area (Å²) in [4.78, 5) is 10.7. The van der Waals surface area contributed by atoms with Crippen molar-refractivity contribution in [2.24, 2.45) is 5.92 Å². The van der Waals surface area contributed by atoms with Crippen LogP contribution < -0.4 is 0 Å². The molecule has 0 aromatic heterocycles. The molecule has 14 heavy (non-hydrogen) atoms. The normalized spacial score (nSPS) is 13.1. The Morgan fingerprint density at radius 3 is 2.57 bits per heavy atom. The second-order valence-corrected chi connectivity index (χ2v) is 3.63. The monoisotopic (exact) mass is 196 g/mol. The van der Waals surface area contributed by atoms with E-state index in [-0.39, 0.29) is 12.1 Å². The van der Waals surface area contributed by atoms with Crippen LogP contribution >= 0.6 is 0 Å². The Kier molecular flexibility index (Phi) is 6.81. The molecule has 0 heterocycles. The molecule has 0 aliphatic carbocycles. The van der Waals surface area contributed by atoms with E-state index in [0.29, 0.717) is 5.92 Å². The fourth-order valence-electron chi connectivity index (χ4n) is 1.07. The Morgan fingerprint density at radius 1 is 1.50 bits per heavy atom. The number of hydrogen-bond acceptors (Lipinski definition) is 2. The molecule has 0 saturated carbocycles. The third kappa shape index (κ3) is 7.59. The average Bonchev–Trinajstić information content (AvgIpc) is 2.09. The minimum atomic E-state index is -0.247. The molecule has 0 saturated heterocycles. The van der Waals surface area contributed by atoms with E-state index < -0.39 is 0 Å². The maximum Gasteiger partial charge on any atom is 0.303 e. The summed E-state index contributed by atoms with van der Waals surface area (Å²) in [6.07, 6.45) is 7.52. The summed E-state index contributed by atoms with van der Waals surface area (Å²) in [5, 5.41) is 0. The molecule has 0 N–H and O–H groups in total. The summed E-state index contributed by atoms with van der Waals surface area (Å²) < 4.78 is 5.02. The molecule has 80 valence electrons. The average molecular weight is 196 g/mol. The van der Waals surface area contributed by atoms with E-state index in [4.69, 9.17) is 4.74 Å². The van der Waals surface area contributed by atoms with Crippen molar-refractivity contribution in [2.75, 3.05) is 0 Å². The zero-order valence-corrected chi connectivity index (χ0v) is 9.32. The number of ether oxygens (including phenoxy) is 1. The van der Waals surface area contributed by atoms with Gasteiger partial charge < -0.3 is 4.74 Å². The fraction of sp³-hybridized carbons (Fsp3) is 0.583. The van der Waals surface area contributed by atoms with Gasteiger partial charge in [-0.1, -0.05) is 38.7 Å². The molecule has 0 rings (SSSR count). The smallest absolute Gasteiger partial charge is 0.303 e. The first-order valence-electron chi connectivity index (χ1n) is 5.02. The lowest BCUT2D eigenvalue weighted by Gasteiger charge is -2.10. The summed E-state index contributed by atoms with van der Waals surface area (Å²) >= 11 is 0. The van der Waals surface area contributed by atoms with Crippen molar-refractivity contribution < 1.29 is 9.53 Å². The minimum absolute atomic E-state index is 0.149. The largest absolute Gasteiger partial charge is 0.458 e. The number of allylic oxidation sites excluding steroid dienone is 2. The predicted octanol–water partition coefficient (Wildman–Crippen LogP) is 3.10. The molecule has 0 aromatic carbocycles. The highest BCUT2D eigenvalue weighted by Crippen LogP contribution is 2.06. The van der Waals surface area contributed by atoms with Crippen LogP contribution in [0.5, 0.6) is 0 Å². The Bertz CT molecular complexity index is 204. The van der Waals surface area contributed by atoms with Crippen LogP contribution in [0.1, 0.15) is 33.6 Å². The van der Waals surface area contributed by atoms with Crippen LogP contribution in [0.2, 0.25) is 0 Å². The van der Waals surface area contributed by atoms with Crippen LogP contribution in [0.25, 0.3) is 0 Å². The van der Waals surface area contributed by atoms with E-state index in [0.717, 1.165) is 12.8 Å². The van der Waals surface area contributed by atoms with Crippen molar-refractivity contribution in [3.8, 4) is 0 Å². The molecule has 1 atom stereocenters. The molecule has 0 fully saturated rings. The summed E-state index contributed by atoms with van der Waals surface area (Å²) in [5.41, 5.74) is 0. The van der Waals surface area contributed by atoms with Crippen LogP contribution in [0.15, 0.2) is 24.8 Å². The van der Waals surface area contributed by atoms with Crippen molar-refractivity contribution in [2.45, 2.75) is 39.7 Å². The van der Waals surface area contributed by atoms with Crippen molar-refractivity contribution in [3.63, 3.8) is 0 Å². The first-order valence-corrected chi connectivity index (χ1v) is 5.02. The van der Waals surface area contributed by atoms with Crippen molar-refractivity contribution in [1.82, 2.24) is 0 Å². The molecule has 0 aliphatic heterocycles. The van der Waals surface area contributed by atoms with Crippen molar-refractivity contribution >= 4 is 5.97 Å². The van der Waals surface area contributed by atoms with Crippen LogP contribution in [0, 0.1) is 5.92 Å². The number of rotatable bonds is 6. The number of carbonyl (C=O) groups is 1. The van der Waals surface area contributed by atoms with Gasteiger partial charge in [-0.25, -0.2) is 0 Å². The first-order chi connectivity index (χ1) is 6.56. The van der Waals surface area contributed by atoms with Gasteiger partial charge in [-0.3, -0.25) is 4.79 Å². The summed E-state index contributed by atoms with van der Waals surface area (Å²) in [6.45, 7) is 9.31. The van der Waals surface area contributed by atoms with Gasteiger partial charge in [0.2, 0.25) is 0 Å². The highest BCUT2D eigenvalue weighted by atomic mass is 16.5. The Hall–Kier alpha value is -1.05. The summed E-state index contributed by atoms with van der Waals surface area (Å²) in [6, 6.07) is 0. The molecule has 1 unspecified atom stereocenters. The summed E-state index contributed by atoms with van der Waals surface area (Å²) in [5.74, 6) is 0.327. The number of hydrogen-bond donors (Lipinski definition) is 0. The number of carbonyl (C=O) groups excluding carboxylic acids is 1. The summed E-state index contributed by atoms with van der Waals surface area (Å²) in [7, 11) is 0. The Labute approximate surface area is 86.6 Å². The molecule has 0 radical (unpaired) electrons. The highest BCUT2D eigenvalue weighted by Gasteiger charge is 2.05. The molecular weight excluding hydrogens is 176 g/mol. The molecule has 0 aromatic rings. The molecule has 2 nitrogen and oxygen atoms in total. The van der Waals surface area contributed by atoms with Gasteiger partial charge in [0.1, 0.15) is 6.10 Å². The zero-order valence-electron chi connectivity index (χ0n) is 9.32. The van der Waals surface area contributed by atoms with Crippen LogP contribution in [-0.2, 0) is 9.53 Å². The van der Waals surface area contributed by atoms with E-state index >= 15 is 0 Å². The standard InChI is InChI=1S/C12H20O2/c1-5-12(14-11(4)13)9-7-6-8-10(2)3/h5-6,8,10,12H,1,7,9H2,2-4H3. The number of esters is 1. The minimum Gasteiger partial charge on any atom is -0.458 e. The van der Waals surface area contributed by atoms with Crippen molar-refractivity contribution in [3.05, 3.63) is 24.8 Å². The maximum absolute atomic E-state index is 10.7. The van der Waals surface area contributed by atoms with E-state index in [1.54, 1.807) is 6.08 Å². The van der Waals surface area contributed by atoms with Gasteiger partial charge in [0.05, 0.1) is 0 Å². The zero-order chi connectivity index (χ0) is 11.0. The predicted molar refractivity (Wildman–Crippen MR) is 59.0 cm³/mol. The van der Waals surface area contributed by atoms with Crippen LogP contribution in [-0.4, -0.2) is 12.1 Å². The first kappa shape index (κ1) is 12.9. The van der Waals surface area contributed by atoms with Gasteiger partial charge in [0.15, 0.2) is 0 Å². The lowest BCUT2D eigenvalue weighted by atomic mass is 10.1. The van der Waals surface area contributed by atoms with Gasteiger partial charge >= 0.3 is 5.97 Å². The van der Waals surface area contributed by atoms with Gasteiger partial charge in [-0.2, -0.15) is 0 Å². The SMILES string of the molecule is C=CC(CCC=CC(C)C)OC(C)=O. The van der Waals surface area contributed by atoms with Gasteiger partial charge in [0.25, 0.3) is 0 Å². The van der Waals surface area contributed by atoms with Crippen LogP contribution in [0.3, 0.4) is 0 Å². The molecule has 0 aliphatic rings. The second-order valence-electron chi connectivity index (χ2n) is 3.63. The maximum atomic E-state index is 10.7. The fourth-order valence-corrected chi connectivity index (χ4v) is 1.07. The van der Waals surface area contributed by atoms with Gasteiger partial charge in [0, 0.05) is 6.92 Å². The molecular formula is C12H20O2. The third-order valence-electron chi connectivity index (χ3n) is 1.72. The second kappa shape index (κ2) is 7.36. The molecule has 0 spiro atoms. The van der Waals surface area contributed by atoms with E-state index in [2.05, 4.69) is 32.6 Å². The lowest BCUT2D eigenvalue weighted by molar-refractivity contribution is -0.144. The molecule has 0 bridgehead atoms. The van der Waals surface area contributed by atoms with Crippen LogP contribution in [0.4, 0.5) is 0 Å². The van der Waals surface area contributed by atoms with Crippen molar-refractivity contribution in [1.29, 1.82) is 0 Å². The van der Waals surface area contributed by atoms with E-state index in [1.165, 1.54) is 6.92 Å². The highest BCUT2D eigenvalue weighted by molar-refractivity contribution is 5.66. The lowest BCUT2D eigenvalue weighted by Crippen LogP contribution is -2.12. The quantitative estimate of drug-likeness (QED) is 0.482. The Balaban J connectivity index is 3.73. The molecule has 0 amide bonds. The van der Waals surface area contributed by atoms with Gasteiger partial charge in [-0.15, -0.1) is 0 Å². The van der Waals surface area contributed by atoms with Gasteiger partial charge in [-0.05, 0) is 18.8 Å². The third-order valence-corrected chi connectivity index (χ3v) is 1.72. The molecule has 2 heteroatoms. The Morgan fingerprint density at radius 2 is 2.14 bits per heavy atom. The topological polar surface area (TPSA) is 26.3 Å². The van der Waals surface area contributed by atoms with E-state index in [1.807, 2.05) is 0 Å².